The monoisotopic (exact) mass is 287 g/mol. The van der Waals surface area contributed by atoms with Crippen molar-refractivity contribution < 1.29 is 14.6 Å². The van der Waals surface area contributed by atoms with Crippen LogP contribution >= 0.6 is 0 Å². The quantitative estimate of drug-likeness (QED) is 0.860. The summed E-state index contributed by atoms with van der Waals surface area (Å²) >= 11 is 0. The Morgan fingerprint density at radius 2 is 2.29 bits per heavy atom. The minimum atomic E-state index is -0.164. The van der Waals surface area contributed by atoms with Crippen molar-refractivity contribution in [1.29, 1.82) is 0 Å². The van der Waals surface area contributed by atoms with Gasteiger partial charge in [-0.15, -0.1) is 0 Å². The Morgan fingerprint density at radius 3 is 3.05 bits per heavy atom. The van der Waals surface area contributed by atoms with Crippen LogP contribution in [0.1, 0.15) is 24.0 Å². The van der Waals surface area contributed by atoms with Gasteiger partial charge in [-0.2, -0.15) is 0 Å². The van der Waals surface area contributed by atoms with E-state index >= 15 is 0 Å². The van der Waals surface area contributed by atoms with Gasteiger partial charge >= 0.3 is 0 Å². The molecule has 1 amide bonds. The molecule has 1 aliphatic carbocycles. The number of likely N-dealkylation sites (N-methyl/N-ethyl adjacent to an activating group) is 1. The van der Waals surface area contributed by atoms with Crippen molar-refractivity contribution in [2.75, 3.05) is 20.2 Å². The van der Waals surface area contributed by atoms with Crippen molar-refractivity contribution in [3.63, 3.8) is 0 Å². The highest BCUT2D eigenvalue weighted by Crippen LogP contribution is 2.28. The third-order valence-corrected chi connectivity index (χ3v) is 4.25. The first-order valence-corrected chi connectivity index (χ1v) is 7.49. The fraction of sp³-hybridized carbons (Fsp3) is 0.471. The number of amides is 1. The van der Waals surface area contributed by atoms with Gasteiger partial charge in [0.1, 0.15) is 5.75 Å². The highest BCUT2D eigenvalue weighted by molar-refractivity contribution is 5.91. The zero-order valence-electron chi connectivity index (χ0n) is 12.3. The molecule has 1 aromatic carbocycles. The van der Waals surface area contributed by atoms with Gasteiger partial charge < -0.3 is 14.7 Å². The number of carbonyl (C=O) groups is 1. The normalized spacial score (nSPS) is 23.5. The number of hydrogen-bond acceptors (Lipinski definition) is 3. The minimum absolute atomic E-state index is 0.00754. The van der Waals surface area contributed by atoms with E-state index in [1.54, 1.807) is 11.0 Å². The number of ether oxygens (including phenoxy) is 1. The Kier molecular flexibility index (Phi) is 3.97. The maximum Gasteiger partial charge on any atom is 0.246 e. The van der Waals surface area contributed by atoms with Gasteiger partial charge in [0.2, 0.25) is 5.91 Å². The molecule has 2 aliphatic rings. The number of rotatable bonds is 4. The predicted octanol–water partition coefficient (Wildman–Crippen LogP) is 1.86. The van der Waals surface area contributed by atoms with Crippen molar-refractivity contribution in [2.24, 2.45) is 5.92 Å². The highest BCUT2D eigenvalue weighted by atomic mass is 16.5. The van der Waals surface area contributed by atoms with Crippen LogP contribution in [0.15, 0.2) is 24.3 Å². The SMILES string of the molecule is CN(CC1CC(O)C1)C(=O)C=Cc1ccc2c(c1)CCO2. The van der Waals surface area contributed by atoms with Crippen molar-refractivity contribution in [1.82, 2.24) is 4.90 Å². The summed E-state index contributed by atoms with van der Waals surface area (Å²) in [6.45, 7) is 1.47. The fourth-order valence-corrected chi connectivity index (χ4v) is 2.93. The van der Waals surface area contributed by atoms with Crippen LogP contribution in [0.5, 0.6) is 5.75 Å². The van der Waals surface area contributed by atoms with Gasteiger partial charge in [0.25, 0.3) is 0 Å². The van der Waals surface area contributed by atoms with Crippen molar-refractivity contribution >= 4 is 12.0 Å². The lowest BCUT2D eigenvalue weighted by molar-refractivity contribution is -0.126. The average Bonchev–Trinajstić information content (AvgIpc) is 2.90. The molecule has 0 saturated heterocycles. The number of nitrogens with zero attached hydrogens (tertiary/aromatic N) is 1. The number of benzene rings is 1. The number of aliphatic hydroxyl groups excluding tert-OH is 1. The van der Waals surface area contributed by atoms with Crippen LogP contribution in [0.2, 0.25) is 0 Å². The van der Waals surface area contributed by atoms with Gasteiger partial charge in [-0.1, -0.05) is 6.07 Å². The van der Waals surface area contributed by atoms with Gasteiger partial charge in [-0.05, 0) is 48.1 Å². The van der Waals surface area contributed by atoms with Gasteiger partial charge in [-0.25, -0.2) is 0 Å². The van der Waals surface area contributed by atoms with E-state index in [0.717, 1.165) is 43.7 Å². The molecule has 3 rings (SSSR count). The van der Waals surface area contributed by atoms with Crippen LogP contribution < -0.4 is 4.74 Å². The van der Waals surface area contributed by atoms with Crippen molar-refractivity contribution in [3.8, 4) is 5.75 Å². The van der Waals surface area contributed by atoms with Crippen LogP contribution in [-0.2, 0) is 11.2 Å². The van der Waals surface area contributed by atoms with Gasteiger partial charge in [0.15, 0.2) is 0 Å². The first-order chi connectivity index (χ1) is 10.1. The van der Waals surface area contributed by atoms with E-state index in [1.807, 2.05) is 25.3 Å². The van der Waals surface area contributed by atoms with Crippen LogP contribution in [-0.4, -0.2) is 42.2 Å². The van der Waals surface area contributed by atoms with E-state index in [1.165, 1.54) is 5.56 Å². The largest absolute Gasteiger partial charge is 0.493 e. The average molecular weight is 287 g/mol. The maximum atomic E-state index is 12.1. The van der Waals surface area contributed by atoms with Crippen LogP contribution in [0.4, 0.5) is 0 Å². The Balaban J connectivity index is 1.56. The second-order valence-corrected chi connectivity index (χ2v) is 6.01. The zero-order chi connectivity index (χ0) is 14.8. The summed E-state index contributed by atoms with van der Waals surface area (Å²) in [5.41, 5.74) is 2.24. The van der Waals surface area contributed by atoms with E-state index in [2.05, 4.69) is 6.07 Å². The van der Waals surface area contributed by atoms with Crippen LogP contribution in [0, 0.1) is 5.92 Å². The second-order valence-electron chi connectivity index (χ2n) is 6.01. The fourth-order valence-electron chi connectivity index (χ4n) is 2.93. The van der Waals surface area contributed by atoms with E-state index in [9.17, 15) is 9.90 Å². The molecule has 1 saturated carbocycles. The van der Waals surface area contributed by atoms with E-state index in [0.29, 0.717) is 5.92 Å². The van der Waals surface area contributed by atoms with E-state index in [4.69, 9.17) is 4.74 Å². The lowest BCUT2D eigenvalue weighted by atomic mass is 9.82. The molecular weight excluding hydrogens is 266 g/mol. The van der Waals surface area contributed by atoms with Gasteiger partial charge in [0, 0.05) is 26.1 Å². The topological polar surface area (TPSA) is 49.8 Å². The van der Waals surface area contributed by atoms with Gasteiger partial charge in [-0.3, -0.25) is 4.79 Å². The lowest BCUT2D eigenvalue weighted by Crippen LogP contribution is -2.38. The van der Waals surface area contributed by atoms with Crippen molar-refractivity contribution in [3.05, 3.63) is 35.4 Å². The summed E-state index contributed by atoms with van der Waals surface area (Å²) in [5.74, 6) is 1.41. The summed E-state index contributed by atoms with van der Waals surface area (Å²) in [4.78, 5) is 13.8. The van der Waals surface area contributed by atoms with E-state index in [-0.39, 0.29) is 12.0 Å². The molecule has 0 bridgehead atoms. The summed E-state index contributed by atoms with van der Waals surface area (Å²) < 4.78 is 5.47. The summed E-state index contributed by atoms with van der Waals surface area (Å²) in [7, 11) is 1.81. The molecule has 0 aromatic heterocycles. The third-order valence-electron chi connectivity index (χ3n) is 4.25. The number of carbonyl (C=O) groups excluding carboxylic acids is 1. The third kappa shape index (κ3) is 3.27. The molecule has 4 heteroatoms. The number of fused-ring (bicyclic) bond motifs is 1. The molecule has 0 radical (unpaired) electrons. The lowest BCUT2D eigenvalue weighted by Gasteiger charge is -2.34. The predicted molar refractivity (Wildman–Crippen MR) is 81.0 cm³/mol. The first kappa shape index (κ1) is 14.1. The second kappa shape index (κ2) is 5.90. The van der Waals surface area contributed by atoms with Crippen LogP contribution in [0.3, 0.4) is 0 Å². The first-order valence-electron chi connectivity index (χ1n) is 7.49. The molecule has 1 heterocycles. The Labute approximate surface area is 125 Å². The maximum absolute atomic E-state index is 12.1. The summed E-state index contributed by atoms with van der Waals surface area (Å²) in [6, 6.07) is 6.01. The molecule has 0 spiro atoms. The van der Waals surface area contributed by atoms with Crippen LogP contribution in [0.25, 0.3) is 6.08 Å². The zero-order valence-corrected chi connectivity index (χ0v) is 12.3. The summed E-state index contributed by atoms with van der Waals surface area (Å²) in [6.07, 6.45) is 5.87. The highest BCUT2D eigenvalue weighted by Gasteiger charge is 2.28. The number of aliphatic hydroxyl groups is 1. The minimum Gasteiger partial charge on any atom is -0.493 e. The molecule has 0 unspecified atom stereocenters. The molecule has 1 aliphatic heterocycles. The Morgan fingerprint density at radius 1 is 1.48 bits per heavy atom. The smallest absolute Gasteiger partial charge is 0.246 e. The number of hydrogen-bond donors (Lipinski definition) is 1. The molecule has 0 atom stereocenters. The molecule has 1 fully saturated rings. The summed E-state index contributed by atoms with van der Waals surface area (Å²) in [5, 5.41) is 9.27. The molecule has 112 valence electrons. The van der Waals surface area contributed by atoms with E-state index < -0.39 is 0 Å². The Bertz CT molecular complexity index is 561. The standard InChI is InChI=1S/C17H21NO3/c1-18(11-13-9-15(19)10-13)17(20)5-3-12-2-4-16-14(8-12)6-7-21-16/h2-5,8,13,15,19H,6-7,9-11H2,1H3. The molecule has 21 heavy (non-hydrogen) atoms. The molecule has 1 N–H and O–H groups in total. The van der Waals surface area contributed by atoms with Crippen molar-refractivity contribution in [2.45, 2.75) is 25.4 Å². The Hall–Kier alpha value is -1.81. The molecular formula is C17H21NO3. The molecule has 1 aromatic rings. The van der Waals surface area contributed by atoms with Gasteiger partial charge in [0.05, 0.1) is 12.7 Å². The molecule has 4 nitrogen and oxygen atoms in total.